The Balaban J connectivity index is 0.000000137. The molecule has 0 unspecified atom stereocenters. The summed E-state index contributed by atoms with van der Waals surface area (Å²) in [6.45, 7) is 0. The molecular formula is C62H44BBrN6O2. The van der Waals surface area contributed by atoms with Gasteiger partial charge in [-0.15, -0.1) is 0 Å². The first kappa shape index (κ1) is 46.9. The molecule has 0 atom stereocenters. The van der Waals surface area contributed by atoms with Crippen LogP contribution in [0.15, 0.2) is 260 Å². The van der Waals surface area contributed by atoms with Gasteiger partial charge in [-0.05, 0) is 87.4 Å². The summed E-state index contributed by atoms with van der Waals surface area (Å²) in [5.74, 6) is 0. The lowest BCUT2D eigenvalue weighted by Gasteiger charge is -2.11. The Kier molecular flexibility index (Phi) is 14.5. The number of halogens is 1. The van der Waals surface area contributed by atoms with Gasteiger partial charge >= 0.3 is 7.12 Å². The summed E-state index contributed by atoms with van der Waals surface area (Å²) in [7, 11) is -1.48. The average Bonchev–Trinajstić information content (AvgIpc) is 3.46. The fraction of sp³-hybridized carbons (Fsp3) is 0. The first-order chi connectivity index (χ1) is 35.4. The van der Waals surface area contributed by atoms with E-state index in [1.54, 1.807) is 24.5 Å². The molecule has 0 aliphatic rings. The molecule has 12 rings (SSSR count). The molecule has 4 heterocycles. The van der Waals surface area contributed by atoms with Gasteiger partial charge in [0.1, 0.15) is 0 Å². The second kappa shape index (κ2) is 22.3. The van der Waals surface area contributed by atoms with Gasteiger partial charge in [-0.1, -0.05) is 198 Å². The van der Waals surface area contributed by atoms with Gasteiger partial charge in [-0.2, -0.15) is 0 Å². The Morgan fingerprint density at radius 1 is 0.278 bits per heavy atom. The van der Waals surface area contributed by atoms with Crippen molar-refractivity contribution in [2.24, 2.45) is 0 Å². The Bertz CT molecular complexity index is 3690. The molecule has 0 aliphatic carbocycles. The highest BCUT2D eigenvalue weighted by molar-refractivity contribution is 9.10. The maximum Gasteiger partial charge on any atom is 0.488 e. The lowest BCUT2D eigenvalue weighted by molar-refractivity contribution is 0.426. The normalized spacial score (nSPS) is 10.7. The topological polar surface area (TPSA) is 118 Å². The zero-order valence-corrected chi connectivity index (χ0v) is 40.4. The van der Waals surface area contributed by atoms with Crippen LogP contribution in [0.1, 0.15) is 0 Å². The molecular weight excluding hydrogens is 951 g/mol. The van der Waals surface area contributed by atoms with E-state index in [4.69, 9.17) is 19.9 Å². The molecule has 0 spiro atoms. The van der Waals surface area contributed by atoms with Crippen LogP contribution >= 0.6 is 15.9 Å². The summed E-state index contributed by atoms with van der Waals surface area (Å²) >= 11 is 3.40. The van der Waals surface area contributed by atoms with Crippen molar-refractivity contribution in [1.82, 2.24) is 29.9 Å². The molecule has 344 valence electrons. The van der Waals surface area contributed by atoms with Gasteiger partial charge in [0.15, 0.2) is 0 Å². The van der Waals surface area contributed by atoms with Crippen molar-refractivity contribution in [1.29, 1.82) is 0 Å². The number of hydrogen-bond acceptors (Lipinski definition) is 8. The van der Waals surface area contributed by atoms with E-state index in [-0.39, 0.29) is 0 Å². The van der Waals surface area contributed by atoms with Crippen LogP contribution in [0.3, 0.4) is 0 Å². The molecule has 8 aromatic carbocycles. The van der Waals surface area contributed by atoms with Crippen LogP contribution in [0.2, 0.25) is 0 Å². The smallest absolute Gasteiger partial charge is 0.423 e. The molecule has 0 bridgehead atoms. The van der Waals surface area contributed by atoms with Crippen LogP contribution in [-0.2, 0) is 0 Å². The van der Waals surface area contributed by atoms with E-state index in [2.05, 4.69) is 111 Å². The highest BCUT2D eigenvalue weighted by Crippen LogP contribution is 2.34. The van der Waals surface area contributed by atoms with Crippen molar-refractivity contribution in [3.05, 3.63) is 260 Å². The minimum absolute atomic E-state index is 0.443. The fourth-order valence-electron chi connectivity index (χ4n) is 8.20. The Hall–Kier alpha value is -8.80. The molecule has 8 nitrogen and oxygen atoms in total. The first-order valence-electron chi connectivity index (χ1n) is 23.3. The maximum atomic E-state index is 9.29. The Morgan fingerprint density at radius 2 is 0.556 bits per heavy atom. The Morgan fingerprint density at radius 3 is 0.889 bits per heavy atom. The molecule has 72 heavy (non-hydrogen) atoms. The predicted molar refractivity (Wildman–Crippen MR) is 297 cm³/mol. The third-order valence-electron chi connectivity index (χ3n) is 11.9. The van der Waals surface area contributed by atoms with Crippen LogP contribution in [0.4, 0.5) is 0 Å². The quantitative estimate of drug-likeness (QED) is 0.145. The summed E-state index contributed by atoms with van der Waals surface area (Å²) in [6.07, 6.45) is 7.33. The van der Waals surface area contributed by atoms with Crippen LogP contribution in [0.5, 0.6) is 0 Å². The number of rotatable bonds is 8. The van der Waals surface area contributed by atoms with E-state index in [0.29, 0.717) is 5.46 Å². The molecule has 0 radical (unpaired) electrons. The van der Waals surface area contributed by atoms with Crippen LogP contribution in [0, 0.1) is 0 Å². The van der Waals surface area contributed by atoms with Gasteiger partial charge in [0.05, 0.1) is 44.8 Å². The zero-order valence-electron chi connectivity index (χ0n) is 38.8. The third kappa shape index (κ3) is 11.1. The van der Waals surface area contributed by atoms with Crippen molar-refractivity contribution in [2.45, 2.75) is 0 Å². The van der Waals surface area contributed by atoms with Gasteiger partial charge in [-0.3, -0.25) is 9.97 Å². The second-order valence-electron chi connectivity index (χ2n) is 16.7. The molecule has 12 aromatic rings. The van der Waals surface area contributed by atoms with Crippen LogP contribution in [-0.4, -0.2) is 47.1 Å². The predicted octanol–water partition coefficient (Wildman–Crippen LogP) is 13.8. The molecule has 0 saturated heterocycles. The lowest BCUT2D eigenvalue weighted by Crippen LogP contribution is -2.29. The third-order valence-corrected chi connectivity index (χ3v) is 12.5. The first-order valence-corrected chi connectivity index (χ1v) is 24.1. The molecule has 4 aromatic heterocycles. The monoisotopic (exact) mass is 994 g/mol. The minimum atomic E-state index is -1.48. The molecule has 10 heteroatoms. The number of pyridine rings is 2. The van der Waals surface area contributed by atoms with Gasteiger partial charge in [0, 0.05) is 51.5 Å². The van der Waals surface area contributed by atoms with Gasteiger partial charge in [0.25, 0.3) is 0 Å². The largest absolute Gasteiger partial charge is 0.488 e. The summed E-state index contributed by atoms with van der Waals surface area (Å²) in [5, 5.41) is 18.6. The van der Waals surface area contributed by atoms with Crippen molar-refractivity contribution in [3.63, 3.8) is 0 Å². The summed E-state index contributed by atoms with van der Waals surface area (Å²) in [5.41, 5.74) is 18.2. The van der Waals surface area contributed by atoms with E-state index in [1.807, 2.05) is 146 Å². The lowest BCUT2D eigenvalue weighted by atomic mass is 9.80. The van der Waals surface area contributed by atoms with Crippen LogP contribution in [0.25, 0.3) is 100 Å². The molecule has 2 N–H and O–H groups in total. The van der Waals surface area contributed by atoms with E-state index in [0.717, 1.165) is 93.8 Å². The van der Waals surface area contributed by atoms with E-state index >= 15 is 0 Å². The second-order valence-corrected chi connectivity index (χ2v) is 17.6. The molecule has 0 fully saturated rings. The van der Waals surface area contributed by atoms with E-state index < -0.39 is 7.12 Å². The fourth-order valence-corrected chi connectivity index (χ4v) is 8.46. The standard InChI is InChI=1S/C31H21N3.C20H15BN2O2.C11H8BrN/c1-2-7-25(8-3-1)30-31(34-29-11-5-4-10-28(29)33-30)26-18-16-23(17-19-26)22-12-14-24(15-13-22)27-9-6-20-32-21-27;24-21(25)16-12-10-15(11-13-16)20-19(14-6-2-1-3-7-14)22-17-8-4-5-9-18(17)23-20;12-11-5-3-9(4-6-11)10-2-1-7-13-8-10/h1-21H;1-13,24-25H;1-8H. The van der Waals surface area contributed by atoms with Crippen molar-refractivity contribution in [3.8, 4) is 78.4 Å². The summed E-state index contributed by atoms with van der Waals surface area (Å²) < 4.78 is 1.10. The maximum absolute atomic E-state index is 9.29. The number of aromatic nitrogens is 6. The summed E-state index contributed by atoms with van der Waals surface area (Å²) in [4.78, 5) is 27.9. The van der Waals surface area contributed by atoms with Crippen molar-refractivity contribution < 1.29 is 10.0 Å². The number of fused-ring (bicyclic) bond motifs is 2. The zero-order chi connectivity index (χ0) is 49.1. The summed E-state index contributed by atoms with van der Waals surface area (Å²) in [6, 6.07) is 76.4. The average molecular weight is 996 g/mol. The molecule has 0 aliphatic heterocycles. The SMILES string of the molecule is Brc1ccc(-c2cccnc2)cc1.OB(O)c1ccc(-c2nc3ccccc3nc2-c2ccccc2)cc1.c1ccc(-c2nc3ccccc3nc2-c2ccc(-c3ccc(-c4cccnc4)cc3)cc2)cc1. The van der Waals surface area contributed by atoms with Gasteiger partial charge in [0.2, 0.25) is 0 Å². The van der Waals surface area contributed by atoms with Gasteiger partial charge in [-0.25, -0.2) is 19.9 Å². The van der Waals surface area contributed by atoms with Crippen molar-refractivity contribution in [2.75, 3.05) is 0 Å². The van der Waals surface area contributed by atoms with Crippen LogP contribution < -0.4 is 5.46 Å². The Labute approximate surface area is 426 Å². The highest BCUT2D eigenvalue weighted by atomic mass is 79.9. The minimum Gasteiger partial charge on any atom is -0.423 e. The van der Waals surface area contributed by atoms with E-state index in [1.165, 1.54) is 11.1 Å². The van der Waals surface area contributed by atoms with Crippen molar-refractivity contribution >= 4 is 50.6 Å². The number of para-hydroxylation sites is 4. The molecule has 0 saturated carbocycles. The van der Waals surface area contributed by atoms with Gasteiger partial charge < -0.3 is 10.0 Å². The number of benzene rings is 8. The number of nitrogens with zero attached hydrogens (tertiary/aromatic N) is 6. The van der Waals surface area contributed by atoms with E-state index in [9.17, 15) is 10.0 Å². The number of hydrogen-bond donors (Lipinski definition) is 2. The highest BCUT2D eigenvalue weighted by Gasteiger charge is 2.16. The molecule has 0 amide bonds.